The summed E-state index contributed by atoms with van der Waals surface area (Å²) in [6.07, 6.45) is 5.37. The number of hydrogen-bond acceptors (Lipinski definition) is 5. The second kappa shape index (κ2) is 5.79. The number of rotatable bonds is 5. The minimum Gasteiger partial charge on any atom is -0.381 e. The Balaban J connectivity index is 1.58. The van der Waals surface area contributed by atoms with Gasteiger partial charge < -0.3 is 5.32 Å². The van der Waals surface area contributed by atoms with E-state index in [0.29, 0.717) is 0 Å². The number of aromatic amines is 1. The van der Waals surface area contributed by atoms with E-state index < -0.39 is 0 Å². The molecule has 0 aliphatic heterocycles. The van der Waals surface area contributed by atoms with Gasteiger partial charge in [0.25, 0.3) is 0 Å². The van der Waals surface area contributed by atoms with Crippen LogP contribution in [0.25, 0.3) is 0 Å². The van der Waals surface area contributed by atoms with E-state index >= 15 is 0 Å². The molecule has 7 heteroatoms. The first kappa shape index (κ1) is 12.7. The standard InChI is InChI=1S/C13H14N6S/c1-19-8-10(7-17-19)6-14-11-2-4-12(5-3-11)20-13-15-9-16-18-13/h2-5,7-9,14H,6H2,1H3,(H,15,16,18). The van der Waals surface area contributed by atoms with Gasteiger partial charge in [0.15, 0.2) is 5.16 Å². The molecule has 0 aliphatic rings. The lowest BCUT2D eigenvalue weighted by atomic mass is 10.3. The molecule has 0 radical (unpaired) electrons. The third-order valence-electron chi connectivity index (χ3n) is 2.72. The zero-order valence-electron chi connectivity index (χ0n) is 10.9. The van der Waals surface area contributed by atoms with Crippen molar-refractivity contribution in [2.45, 2.75) is 16.6 Å². The Morgan fingerprint density at radius 3 is 2.80 bits per heavy atom. The molecule has 20 heavy (non-hydrogen) atoms. The fourth-order valence-electron chi connectivity index (χ4n) is 1.76. The van der Waals surface area contributed by atoms with Crippen molar-refractivity contribution >= 4 is 17.4 Å². The highest BCUT2D eigenvalue weighted by Crippen LogP contribution is 2.25. The van der Waals surface area contributed by atoms with E-state index in [4.69, 9.17) is 0 Å². The average molecular weight is 286 g/mol. The Kier molecular flexibility index (Phi) is 3.69. The highest BCUT2D eigenvalue weighted by Gasteiger charge is 2.01. The van der Waals surface area contributed by atoms with Crippen molar-refractivity contribution in [3.05, 3.63) is 48.5 Å². The summed E-state index contributed by atoms with van der Waals surface area (Å²) >= 11 is 1.55. The van der Waals surface area contributed by atoms with Gasteiger partial charge >= 0.3 is 0 Å². The summed E-state index contributed by atoms with van der Waals surface area (Å²) in [6.45, 7) is 0.766. The van der Waals surface area contributed by atoms with E-state index in [1.165, 1.54) is 6.33 Å². The Bertz CT molecular complexity index is 658. The summed E-state index contributed by atoms with van der Waals surface area (Å²) in [7, 11) is 1.92. The molecule has 0 amide bonds. The van der Waals surface area contributed by atoms with E-state index in [1.807, 2.05) is 19.4 Å². The first-order valence-corrected chi connectivity index (χ1v) is 6.96. The van der Waals surface area contributed by atoms with E-state index in [0.717, 1.165) is 27.8 Å². The van der Waals surface area contributed by atoms with Crippen molar-refractivity contribution in [2.24, 2.45) is 7.05 Å². The number of hydrogen-bond donors (Lipinski definition) is 2. The van der Waals surface area contributed by atoms with E-state index in [9.17, 15) is 0 Å². The predicted octanol–water partition coefficient (Wildman–Crippen LogP) is 2.30. The van der Waals surface area contributed by atoms with E-state index in [2.05, 4.69) is 49.9 Å². The van der Waals surface area contributed by atoms with E-state index in [-0.39, 0.29) is 0 Å². The Labute approximate surface area is 120 Å². The molecule has 0 bridgehead atoms. The molecule has 3 rings (SSSR count). The zero-order valence-corrected chi connectivity index (χ0v) is 11.8. The van der Waals surface area contributed by atoms with Crippen molar-refractivity contribution in [1.29, 1.82) is 0 Å². The van der Waals surface area contributed by atoms with Crippen LogP contribution in [0, 0.1) is 0 Å². The Hall–Kier alpha value is -2.28. The summed E-state index contributed by atoms with van der Waals surface area (Å²) in [6, 6.07) is 8.21. The fraction of sp³-hybridized carbons (Fsp3) is 0.154. The van der Waals surface area contributed by atoms with Crippen molar-refractivity contribution < 1.29 is 0 Å². The van der Waals surface area contributed by atoms with Gasteiger partial charge in [-0.3, -0.25) is 9.78 Å². The van der Waals surface area contributed by atoms with Gasteiger partial charge in [-0.1, -0.05) is 11.8 Å². The smallest absolute Gasteiger partial charge is 0.188 e. The van der Waals surface area contributed by atoms with Crippen LogP contribution >= 0.6 is 11.8 Å². The first-order chi connectivity index (χ1) is 9.79. The minimum atomic E-state index is 0.766. The predicted molar refractivity (Wildman–Crippen MR) is 77.5 cm³/mol. The van der Waals surface area contributed by atoms with Crippen molar-refractivity contribution in [2.75, 3.05) is 5.32 Å². The summed E-state index contributed by atoms with van der Waals surface area (Å²) in [5.41, 5.74) is 2.24. The third-order valence-corrected chi connectivity index (χ3v) is 3.61. The topological polar surface area (TPSA) is 71.4 Å². The Morgan fingerprint density at radius 1 is 1.30 bits per heavy atom. The maximum Gasteiger partial charge on any atom is 0.188 e. The molecule has 0 spiro atoms. The molecule has 0 saturated carbocycles. The quantitative estimate of drug-likeness (QED) is 0.753. The molecular formula is C13H14N6S. The summed E-state index contributed by atoms with van der Waals surface area (Å²) in [5, 5.41) is 14.9. The lowest BCUT2D eigenvalue weighted by Gasteiger charge is -2.05. The summed E-state index contributed by atoms with van der Waals surface area (Å²) in [4.78, 5) is 5.20. The largest absolute Gasteiger partial charge is 0.381 e. The number of H-pyrrole nitrogens is 1. The molecule has 2 N–H and O–H groups in total. The molecule has 0 saturated heterocycles. The Morgan fingerprint density at radius 2 is 2.15 bits per heavy atom. The van der Waals surface area contributed by atoms with Crippen LogP contribution in [0.3, 0.4) is 0 Å². The molecule has 0 unspecified atom stereocenters. The average Bonchev–Trinajstić information content (AvgIpc) is 3.10. The molecule has 0 aliphatic carbocycles. The van der Waals surface area contributed by atoms with Crippen LogP contribution in [-0.4, -0.2) is 25.0 Å². The SMILES string of the molecule is Cn1cc(CNc2ccc(Sc3ncn[nH]3)cc2)cn1. The molecule has 0 fully saturated rings. The number of anilines is 1. The van der Waals surface area contributed by atoms with Gasteiger partial charge in [-0.25, -0.2) is 4.98 Å². The molecular weight excluding hydrogens is 272 g/mol. The third kappa shape index (κ3) is 3.18. The highest BCUT2D eigenvalue weighted by molar-refractivity contribution is 7.99. The van der Waals surface area contributed by atoms with Crippen molar-refractivity contribution in [3.63, 3.8) is 0 Å². The highest BCUT2D eigenvalue weighted by atomic mass is 32.2. The van der Waals surface area contributed by atoms with Gasteiger partial charge in [0.2, 0.25) is 0 Å². The second-order valence-electron chi connectivity index (χ2n) is 4.29. The van der Waals surface area contributed by atoms with Gasteiger partial charge in [0.1, 0.15) is 6.33 Å². The number of aryl methyl sites for hydroxylation is 1. The van der Waals surface area contributed by atoms with Crippen molar-refractivity contribution in [3.8, 4) is 0 Å². The van der Waals surface area contributed by atoms with Crippen LogP contribution in [0.4, 0.5) is 5.69 Å². The second-order valence-corrected chi connectivity index (χ2v) is 5.36. The van der Waals surface area contributed by atoms with Gasteiger partial charge in [0, 0.05) is 35.9 Å². The first-order valence-electron chi connectivity index (χ1n) is 6.14. The van der Waals surface area contributed by atoms with Crippen molar-refractivity contribution in [1.82, 2.24) is 25.0 Å². The number of nitrogens with zero attached hydrogens (tertiary/aromatic N) is 4. The molecule has 102 valence electrons. The van der Waals surface area contributed by atoms with Gasteiger partial charge in [-0.05, 0) is 24.3 Å². The molecule has 2 aromatic heterocycles. The number of benzene rings is 1. The van der Waals surface area contributed by atoms with Crippen LogP contribution in [-0.2, 0) is 13.6 Å². The lowest BCUT2D eigenvalue weighted by Crippen LogP contribution is -1.98. The van der Waals surface area contributed by atoms with Crippen LogP contribution in [0.15, 0.2) is 53.0 Å². The molecule has 1 aromatic carbocycles. The summed E-state index contributed by atoms with van der Waals surface area (Å²) < 4.78 is 1.80. The summed E-state index contributed by atoms with van der Waals surface area (Å²) in [5.74, 6) is 0. The fourth-order valence-corrected chi connectivity index (χ4v) is 2.46. The minimum absolute atomic E-state index is 0.766. The molecule has 6 nitrogen and oxygen atoms in total. The van der Waals surface area contributed by atoms with Crippen LogP contribution in [0.5, 0.6) is 0 Å². The molecule has 2 heterocycles. The lowest BCUT2D eigenvalue weighted by molar-refractivity contribution is 0.767. The number of aromatic nitrogens is 5. The maximum absolute atomic E-state index is 4.14. The zero-order chi connectivity index (χ0) is 13.8. The normalized spacial score (nSPS) is 10.7. The van der Waals surface area contributed by atoms with Gasteiger partial charge in [-0.15, -0.1) is 0 Å². The van der Waals surface area contributed by atoms with Crippen LogP contribution < -0.4 is 5.32 Å². The molecule has 0 atom stereocenters. The van der Waals surface area contributed by atoms with Gasteiger partial charge in [-0.2, -0.15) is 10.2 Å². The maximum atomic E-state index is 4.14. The van der Waals surface area contributed by atoms with E-state index in [1.54, 1.807) is 16.4 Å². The van der Waals surface area contributed by atoms with Crippen LogP contribution in [0.2, 0.25) is 0 Å². The van der Waals surface area contributed by atoms with Gasteiger partial charge in [0.05, 0.1) is 6.20 Å². The monoisotopic (exact) mass is 286 g/mol. The van der Waals surface area contributed by atoms with Crippen LogP contribution in [0.1, 0.15) is 5.56 Å². The molecule has 3 aromatic rings. The number of nitrogens with one attached hydrogen (secondary N) is 2.